The summed E-state index contributed by atoms with van der Waals surface area (Å²) in [5.41, 5.74) is 2.45. The number of halogens is 2. The normalized spacial score (nSPS) is 15.9. The second kappa shape index (κ2) is 11.1. The Morgan fingerprint density at radius 1 is 0.921 bits per heavy atom. The van der Waals surface area contributed by atoms with Crippen molar-refractivity contribution in [2.24, 2.45) is 9.98 Å². The number of amidine groups is 2. The zero-order valence-electron chi connectivity index (χ0n) is 20.1. The first kappa shape index (κ1) is 25.5. The average Bonchev–Trinajstić information content (AvgIpc) is 3.26. The fourth-order valence-corrected chi connectivity index (χ4v) is 5.13. The summed E-state index contributed by atoms with van der Waals surface area (Å²) in [5, 5.41) is 3.21. The van der Waals surface area contributed by atoms with Gasteiger partial charge < -0.3 is 5.32 Å². The predicted molar refractivity (Wildman–Crippen MR) is 141 cm³/mol. The Morgan fingerprint density at radius 2 is 1.61 bits per heavy atom. The van der Waals surface area contributed by atoms with E-state index in [0.717, 1.165) is 17.3 Å². The van der Waals surface area contributed by atoms with Crippen LogP contribution in [-0.4, -0.2) is 45.3 Å². The minimum Gasteiger partial charge on any atom is -0.352 e. The second-order valence-corrected chi connectivity index (χ2v) is 9.67. The first-order valence-corrected chi connectivity index (χ1v) is 12.9. The molecule has 0 aromatic heterocycles. The second-order valence-electron chi connectivity index (χ2n) is 8.73. The summed E-state index contributed by atoms with van der Waals surface area (Å²) in [6, 6.07) is 17.7. The largest absolute Gasteiger partial charge is 0.352 e. The minimum atomic E-state index is -0.748. The van der Waals surface area contributed by atoms with E-state index in [9.17, 15) is 23.2 Å². The number of ketones is 1. The molecule has 7 nitrogen and oxygen atoms in total. The molecule has 1 unspecified atom stereocenters. The summed E-state index contributed by atoms with van der Waals surface area (Å²) in [5.74, 6) is -1.18. The number of thioether (sulfide) groups is 1. The predicted octanol–water partition coefficient (Wildman–Crippen LogP) is 4.64. The number of benzene rings is 3. The zero-order valence-corrected chi connectivity index (χ0v) is 20.9. The average molecular weight is 533 g/mol. The summed E-state index contributed by atoms with van der Waals surface area (Å²) in [7, 11) is 0. The van der Waals surface area contributed by atoms with Gasteiger partial charge in [0.2, 0.25) is 5.91 Å². The number of fused-ring (bicyclic) bond motifs is 3. The van der Waals surface area contributed by atoms with Crippen molar-refractivity contribution in [3.05, 3.63) is 101 Å². The van der Waals surface area contributed by atoms with Crippen molar-refractivity contribution in [3.63, 3.8) is 0 Å². The maximum absolute atomic E-state index is 13.2. The van der Waals surface area contributed by atoms with Gasteiger partial charge in [-0.1, -0.05) is 36.0 Å². The third-order valence-electron chi connectivity index (χ3n) is 6.15. The smallest absolute Gasteiger partial charge is 0.270 e. The number of para-hydroxylation sites is 1. The van der Waals surface area contributed by atoms with Crippen molar-refractivity contribution in [3.8, 4) is 0 Å². The molecule has 3 aromatic rings. The van der Waals surface area contributed by atoms with Gasteiger partial charge in [0, 0.05) is 24.1 Å². The molecule has 2 aliphatic heterocycles. The van der Waals surface area contributed by atoms with Crippen LogP contribution in [0, 0.1) is 11.6 Å². The first-order chi connectivity index (χ1) is 18.4. The SMILES string of the molecule is O=C(CCC1C(=O)N=C2c3ccccc3N=C(SCC(=O)c3ccc(F)cc3)N21)NCc1ccc(F)cc1. The van der Waals surface area contributed by atoms with Gasteiger partial charge in [0.25, 0.3) is 5.91 Å². The van der Waals surface area contributed by atoms with Crippen molar-refractivity contribution in [1.29, 1.82) is 0 Å². The van der Waals surface area contributed by atoms with Gasteiger partial charge in [0.05, 0.1) is 11.4 Å². The molecule has 192 valence electrons. The van der Waals surface area contributed by atoms with E-state index in [2.05, 4.69) is 10.3 Å². The molecule has 0 saturated heterocycles. The van der Waals surface area contributed by atoms with Crippen molar-refractivity contribution in [1.82, 2.24) is 10.2 Å². The lowest BCUT2D eigenvalue weighted by molar-refractivity contribution is -0.122. The molecule has 1 N–H and O–H groups in total. The number of nitrogens with zero attached hydrogens (tertiary/aromatic N) is 3. The molecule has 0 aliphatic carbocycles. The van der Waals surface area contributed by atoms with E-state index in [4.69, 9.17) is 4.99 Å². The quantitative estimate of drug-likeness (QED) is 0.427. The number of Topliss-reactive ketones (excluding diaryl/α,β-unsaturated/α-hetero) is 1. The maximum atomic E-state index is 13.2. The number of rotatable bonds is 8. The van der Waals surface area contributed by atoms with E-state index in [0.29, 0.717) is 27.8 Å². The number of carbonyl (C=O) groups excluding carboxylic acids is 3. The van der Waals surface area contributed by atoms with Crippen molar-refractivity contribution in [2.75, 3.05) is 5.75 Å². The summed E-state index contributed by atoms with van der Waals surface area (Å²) >= 11 is 1.16. The lowest BCUT2D eigenvalue weighted by atomic mass is 10.1. The standard InChI is InChI=1S/C28H22F2N4O3S/c29-19-9-5-17(6-10-19)15-31-25(36)14-13-23-27(37)33-26-21-3-1-2-4-22(21)32-28(34(23)26)38-16-24(35)18-7-11-20(30)12-8-18/h1-12,23H,13-16H2,(H,31,36). The highest BCUT2D eigenvalue weighted by Gasteiger charge is 2.41. The van der Waals surface area contributed by atoms with E-state index in [1.165, 1.54) is 36.4 Å². The summed E-state index contributed by atoms with van der Waals surface area (Å²) < 4.78 is 26.3. The zero-order chi connectivity index (χ0) is 26.6. The summed E-state index contributed by atoms with van der Waals surface area (Å²) in [6.07, 6.45) is 0.250. The van der Waals surface area contributed by atoms with Gasteiger partial charge in [-0.2, -0.15) is 4.99 Å². The molecule has 2 heterocycles. The van der Waals surface area contributed by atoms with E-state index >= 15 is 0 Å². The van der Waals surface area contributed by atoms with Gasteiger partial charge in [0.1, 0.15) is 23.5 Å². The van der Waals surface area contributed by atoms with Crippen molar-refractivity contribution in [2.45, 2.75) is 25.4 Å². The molecule has 5 rings (SSSR count). The number of nitrogens with one attached hydrogen (secondary N) is 1. The Bertz CT molecular complexity index is 1460. The van der Waals surface area contributed by atoms with E-state index in [1.807, 2.05) is 18.2 Å². The van der Waals surface area contributed by atoms with Gasteiger partial charge in [-0.05, 0) is 60.5 Å². The molecule has 3 aromatic carbocycles. The van der Waals surface area contributed by atoms with E-state index in [-0.39, 0.29) is 48.6 Å². The van der Waals surface area contributed by atoms with Crippen LogP contribution in [0.2, 0.25) is 0 Å². The third kappa shape index (κ3) is 5.55. The van der Waals surface area contributed by atoms with Gasteiger partial charge in [-0.25, -0.2) is 13.8 Å². The van der Waals surface area contributed by atoms with Crippen LogP contribution in [0.15, 0.2) is 82.8 Å². The molecule has 0 bridgehead atoms. The van der Waals surface area contributed by atoms with E-state index in [1.54, 1.807) is 23.1 Å². The van der Waals surface area contributed by atoms with Crippen LogP contribution in [0.4, 0.5) is 14.5 Å². The number of hydrogen-bond acceptors (Lipinski definition) is 6. The molecule has 2 aliphatic rings. The molecule has 1 atom stereocenters. The van der Waals surface area contributed by atoms with Crippen molar-refractivity contribution >= 4 is 46.1 Å². The molecule has 0 fully saturated rings. The summed E-state index contributed by atoms with van der Waals surface area (Å²) in [4.78, 5) is 48.8. The molecular formula is C28H22F2N4O3S. The topological polar surface area (TPSA) is 91.2 Å². The molecule has 10 heteroatoms. The Balaban J connectivity index is 1.29. The molecular weight excluding hydrogens is 510 g/mol. The van der Waals surface area contributed by atoms with Gasteiger partial charge in [-0.3, -0.25) is 19.3 Å². The number of carbonyl (C=O) groups is 3. The Morgan fingerprint density at radius 3 is 2.34 bits per heavy atom. The number of aliphatic imine (C=N–C) groups is 2. The highest BCUT2D eigenvalue weighted by atomic mass is 32.2. The van der Waals surface area contributed by atoms with Crippen LogP contribution in [0.3, 0.4) is 0 Å². The van der Waals surface area contributed by atoms with Gasteiger partial charge >= 0.3 is 0 Å². The molecule has 38 heavy (non-hydrogen) atoms. The monoisotopic (exact) mass is 532 g/mol. The fraction of sp³-hybridized carbons (Fsp3) is 0.179. The van der Waals surface area contributed by atoms with Crippen LogP contribution >= 0.6 is 11.8 Å². The molecule has 0 radical (unpaired) electrons. The number of amides is 2. The van der Waals surface area contributed by atoms with E-state index < -0.39 is 11.9 Å². The van der Waals surface area contributed by atoms with Gasteiger partial charge in [0.15, 0.2) is 11.0 Å². The summed E-state index contributed by atoms with van der Waals surface area (Å²) in [6.45, 7) is 0.241. The Hall–Kier alpha value is -4.18. The maximum Gasteiger partial charge on any atom is 0.270 e. The van der Waals surface area contributed by atoms with Crippen LogP contribution in [0.5, 0.6) is 0 Å². The minimum absolute atomic E-state index is 0.0233. The molecule has 2 amide bonds. The fourth-order valence-electron chi connectivity index (χ4n) is 4.18. The molecule has 0 saturated carbocycles. The lowest BCUT2D eigenvalue weighted by Gasteiger charge is -2.31. The first-order valence-electron chi connectivity index (χ1n) is 11.9. The van der Waals surface area contributed by atoms with Gasteiger partial charge in [-0.15, -0.1) is 0 Å². The Labute approximate surface area is 221 Å². The number of hydrogen-bond donors (Lipinski definition) is 1. The van der Waals surface area contributed by atoms with Crippen LogP contribution in [0.25, 0.3) is 0 Å². The highest BCUT2D eigenvalue weighted by Crippen LogP contribution is 2.35. The molecule has 0 spiro atoms. The van der Waals surface area contributed by atoms with Crippen LogP contribution in [-0.2, 0) is 16.1 Å². The highest BCUT2D eigenvalue weighted by molar-refractivity contribution is 8.14. The third-order valence-corrected chi connectivity index (χ3v) is 7.11. The lowest BCUT2D eigenvalue weighted by Crippen LogP contribution is -2.44. The van der Waals surface area contributed by atoms with Crippen molar-refractivity contribution < 1.29 is 23.2 Å². The Kier molecular flexibility index (Phi) is 7.41. The van der Waals surface area contributed by atoms with Crippen LogP contribution in [0.1, 0.15) is 34.3 Å². The van der Waals surface area contributed by atoms with Crippen LogP contribution < -0.4 is 5.32 Å².